The first-order chi connectivity index (χ1) is 8.88. The van der Waals surface area contributed by atoms with Crippen LogP contribution in [-0.4, -0.2) is 34.5 Å². The van der Waals surface area contributed by atoms with Gasteiger partial charge in [0.15, 0.2) is 0 Å². The van der Waals surface area contributed by atoms with Crippen LogP contribution in [0.15, 0.2) is 0 Å². The van der Waals surface area contributed by atoms with Gasteiger partial charge in [-0.05, 0) is 38.0 Å². The fourth-order valence-electron chi connectivity index (χ4n) is 3.28. The Morgan fingerprint density at radius 1 is 1.32 bits per heavy atom. The van der Waals surface area contributed by atoms with Crippen LogP contribution in [-0.2, 0) is 9.59 Å². The summed E-state index contributed by atoms with van der Waals surface area (Å²) in [4.78, 5) is 25.7. The molecule has 1 N–H and O–H groups in total. The maximum Gasteiger partial charge on any atom is 0.326 e. The van der Waals surface area contributed by atoms with Crippen molar-refractivity contribution in [1.29, 1.82) is 0 Å². The van der Waals surface area contributed by atoms with Gasteiger partial charge in [-0.1, -0.05) is 27.7 Å². The predicted octanol–water partition coefficient (Wildman–Crippen LogP) is 2.91. The number of carbonyl (C=O) groups excluding carboxylic acids is 1. The number of hydrogen-bond acceptors (Lipinski definition) is 2. The lowest BCUT2D eigenvalue weighted by atomic mass is 9.74. The van der Waals surface area contributed by atoms with E-state index in [4.69, 9.17) is 0 Å². The van der Waals surface area contributed by atoms with Crippen molar-refractivity contribution in [2.75, 3.05) is 6.54 Å². The lowest BCUT2D eigenvalue weighted by molar-refractivity contribution is -0.154. The Labute approximate surface area is 116 Å². The maximum absolute atomic E-state index is 12.8. The molecule has 1 saturated heterocycles. The van der Waals surface area contributed by atoms with Crippen LogP contribution < -0.4 is 0 Å². The van der Waals surface area contributed by atoms with E-state index in [1.165, 1.54) is 0 Å². The lowest BCUT2D eigenvalue weighted by Crippen LogP contribution is -2.48. The van der Waals surface area contributed by atoms with Gasteiger partial charge in [0.25, 0.3) is 0 Å². The summed E-state index contributed by atoms with van der Waals surface area (Å²) in [5.41, 5.74) is -0.383. The third-order valence-electron chi connectivity index (χ3n) is 4.40. The smallest absolute Gasteiger partial charge is 0.326 e. The van der Waals surface area contributed by atoms with Crippen molar-refractivity contribution in [3.8, 4) is 0 Å². The van der Waals surface area contributed by atoms with E-state index in [-0.39, 0.29) is 11.3 Å². The van der Waals surface area contributed by atoms with E-state index in [0.29, 0.717) is 18.9 Å². The summed E-state index contributed by atoms with van der Waals surface area (Å²) in [6, 6.07) is -0.614. The van der Waals surface area contributed by atoms with Crippen LogP contribution in [0, 0.1) is 11.3 Å². The highest BCUT2D eigenvalue weighted by Crippen LogP contribution is 2.38. The minimum absolute atomic E-state index is 0.0519. The van der Waals surface area contributed by atoms with E-state index in [9.17, 15) is 14.7 Å². The number of carboxylic acids is 1. The second-order valence-electron chi connectivity index (χ2n) is 6.08. The first-order valence-electron chi connectivity index (χ1n) is 7.41. The van der Waals surface area contributed by atoms with Gasteiger partial charge in [-0.2, -0.15) is 0 Å². The minimum atomic E-state index is -0.864. The molecule has 0 aliphatic carbocycles. The van der Waals surface area contributed by atoms with E-state index in [1.807, 2.05) is 13.8 Å². The zero-order valence-corrected chi connectivity index (χ0v) is 12.6. The molecule has 1 heterocycles. The Kier molecular flexibility index (Phi) is 5.39. The molecular weight excluding hydrogens is 242 g/mol. The van der Waals surface area contributed by atoms with Crippen LogP contribution in [0.25, 0.3) is 0 Å². The zero-order valence-electron chi connectivity index (χ0n) is 12.6. The van der Waals surface area contributed by atoms with Gasteiger partial charge in [0.1, 0.15) is 6.04 Å². The van der Waals surface area contributed by atoms with Crippen molar-refractivity contribution in [1.82, 2.24) is 4.90 Å². The Morgan fingerprint density at radius 2 is 1.89 bits per heavy atom. The van der Waals surface area contributed by atoms with Gasteiger partial charge in [-0.25, -0.2) is 4.79 Å². The van der Waals surface area contributed by atoms with E-state index in [0.717, 1.165) is 25.7 Å². The number of nitrogens with zero attached hydrogens (tertiary/aromatic N) is 1. The summed E-state index contributed by atoms with van der Waals surface area (Å²) < 4.78 is 0. The van der Waals surface area contributed by atoms with Crippen molar-refractivity contribution in [2.45, 2.75) is 65.8 Å². The molecule has 0 bridgehead atoms. The Bertz CT molecular complexity index is 334. The number of rotatable bonds is 6. The molecule has 1 fully saturated rings. The maximum atomic E-state index is 12.8. The molecule has 1 unspecified atom stereocenters. The van der Waals surface area contributed by atoms with Crippen molar-refractivity contribution in [3.05, 3.63) is 0 Å². The monoisotopic (exact) mass is 269 g/mol. The van der Waals surface area contributed by atoms with Crippen molar-refractivity contribution in [3.63, 3.8) is 0 Å². The van der Waals surface area contributed by atoms with E-state index < -0.39 is 12.0 Å². The largest absolute Gasteiger partial charge is 0.480 e. The molecule has 0 aromatic heterocycles. The molecule has 4 heteroatoms. The van der Waals surface area contributed by atoms with Crippen molar-refractivity contribution in [2.24, 2.45) is 11.3 Å². The Balaban J connectivity index is 2.96. The Hall–Kier alpha value is -1.06. The molecule has 0 aromatic rings. The van der Waals surface area contributed by atoms with Crippen LogP contribution in [0.5, 0.6) is 0 Å². The molecule has 1 rings (SSSR count). The van der Waals surface area contributed by atoms with Crippen molar-refractivity contribution >= 4 is 11.9 Å². The molecule has 0 spiro atoms. The number of carbonyl (C=O) groups is 2. The van der Waals surface area contributed by atoms with Gasteiger partial charge in [0.05, 0.1) is 0 Å². The molecule has 1 aliphatic rings. The fraction of sp³-hybridized carbons (Fsp3) is 0.867. The first kappa shape index (κ1) is 16.0. The quantitative estimate of drug-likeness (QED) is 0.806. The topological polar surface area (TPSA) is 57.6 Å². The first-order valence-corrected chi connectivity index (χ1v) is 7.41. The number of aliphatic carboxylic acids is 1. The van der Waals surface area contributed by atoms with Gasteiger partial charge >= 0.3 is 5.97 Å². The molecular formula is C15H27NO3. The second-order valence-corrected chi connectivity index (χ2v) is 6.08. The summed E-state index contributed by atoms with van der Waals surface area (Å²) in [5, 5.41) is 9.23. The third kappa shape index (κ3) is 3.28. The van der Waals surface area contributed by atoms with Crippen molar-refractivity contribution < 1.29 is 14.7 Å². The Morgan fingerprint density at radius 3 is 2.32 bits per heavy atom. The van der Waals surface area contributed by atoms with E-state index in [2.05, 4.69) is 13.8 Å². The van der Waals surface area contributed by atoms with Gasteiger partial charge in [-0.15, -0.1) is 0 Å². The van der Waals surface area contributed by atoms with Gasteiger partial charge in [-0.3, -0.25) is 4.79 Å². The van der Waals surface area contributed by atoms with E-state index >= 15 is 0 Å². The number of carboxylic acid groups (broad SMARTS) is 1. The van der Waals surface area contributed by atoms with Crippen LogP contribution in [0.2, 0.25) is 0 Å². The highest BCUT2D eigenvalue weighted by molar-refractivity contribution is 5.88. The lowest BCUT2D eigenvalue weighted by Gasteiger charge is -2.37. The summed E-state index contributed by atoms with van der Waals surface area (Å²) in [7, 11) is 0. The molecule has 0 aromatic carbocycles. The van der Waals surface area contributed by atoms with Gasteiger partial charge in [0.2, 0.25) is 5.91 Å². The van der Waals surface area contributed by atoms with Crippen LogP contribution in [0.4, 0.5) is 0 Å². The number of likely N-dealkylation sites (tertiary alicyclic amines) is 1. The number of amides is 1. The van der Waals surface area contributed by atoms with Crippen LogP contribution in [0.1, 0.15) is 59.8 Å². The SMILES string of the molecule is CCC(CC)(CC(C)C)C(=O)N1CCCC1C(=O)O. The third-order valence-corrected chi connectivity index (χ3v) is 4.40. The summed E-state index contributed by atoms with van der Waals surface area (Å²) in [5.74, 6) is -0.373. The van der Waals surface area contributed by atoms with Crippen LogP contribution in [0.3, 0.4) is 0 Å². The molecule has 4 nitrogen and oxygen atoms in total. The standard InChI is InChI=1S/C15H27NO3/c1-5-15(6-2,10-11(3)4)14(19)16-9-7-8-12(16)13(17)18/h11-12H,5-10H2,1-4H3,(H,17,18). The van der Waals surface area contributed by atoms with E-state index in [1.54, 1.807) is 4.90 Å². The average molecular weight is 269 g/mol. The molecule has 1 amide bonds. The molecule has 0 saturated carbocycles. The summed E-state index contributed by atoms with van der Waals surface area (Å²) in [6.07, 6.45) is 3.79. The zero-order chi connectivity index (χ0) is 14.6. The fourth-order valence-corrected chi connectivity index (χ4v) is 3.28. The minimum Gasteiger partial charge on any atom is -0.480 e. The number of hydrogen-bond donors (Lipinski definition) is 1. The highest BCUT2D eigenvalue weighted by Gasteiger charge is 2.43. The van der Waals surface area contributed by atoms with Gasteiger partial charge in [0, 0.05) is 12.0 Å². The predicted molar refractivity (Wildman–Crippen MR) is 74.8 cm³/mol. The molecule has 110 valence electrons. The summed E-state index contributed by atoms with van der Waals surface area (Å²) >= 11 is 0. The highest BCUT2D eigenvalue weighted by atomic mass is 16.4. The summed E-state index contributed by atoms with van der Waals surface area (Å²) in [6.45, 7) is 8.90. The second kappa shape index (κ2) is 6.40. The molecule has 19 heavy (non-hydrogen) atoms. The van der Waals surface area contributed by atoms with Gasteiger partial charge < -0.3 is 10.0 Å². The molecule has 1 aliphatic heterocycles. The molecule has 1 atom stereocenters. The average Bonchev–Trinajstić information content (AvgIpc) is 2.84. The normalized spacial score (nSPS) is 20.1. The molecule has 0 radical (unpaired) electrons. The van der Waals surface area contributed by atoms with Crippen LogP contribution >= 0.6 is 0 Å².